The second kappa shape index (κ2) is 20.3. The lowest BCUT2D eigenvalue weighted by molar-refractivity contribution is -0.144. The summed E-state index contributed by atoms with van der Waals surface area (Å²) >= 11 is 8.51. The molecule has 0 aliphatic carbocycles. The van der Waals surface area contributed by atoms with E-state index in [0.29, 0.717) is 11.5 Å². The smallest absolute Gasteiger partial charge is 0.328 e. The molecule has 9 nitrogen and oxygen atoms in total. The zero-order valence-corrected chi connectivity index (χ0v) is 28.1. The Bertz CT molecular complexity index is 1360. The van der Waals surface area contributed by atoms with Gasteiger partial charge in [0.15, 0.2) is 6.04 Å². The molecule has 0 bridgehead atoms. The molecule has 0 saturated heterocycles. The molecule has 0 aliphatic rings. The lowest BCUT2D eigenvalue weighted by atomic mass is 9.88. The van der Waals surface area contributed by atoms with Crippen LogP contribution in [0.5, 0.6) is 0 Å². The molecule has 0 fully saturated rings. The molecule has 0 heterocycles. The first-order valence-corrected chi connectivity index (χ1v) is 16.3. The van der Waals surface area contributed by atoms with Crippen LogP contribution in [0, 0.1) is 11.8 Å². The van der Waals surface area contributed by atoms with E-state index in [1.54, 1.807) is 0 Å². The summed E-state index contributed by atoms with van der Waals surface area (Å²) in [4.78, 5) is 47.0. The number of carbonyl (C=O) groups is 4. The summed E-state index contributed by atoms with van der Waals surface area (Å²) in [7, 11) is 0. The molecular formula is C35H44N2O7S2. The SMILES string of the molecule is CC(NC(=O)C(CS)C(C)c1ccccc1)C(=O)O.CC(c1ccccc1)C(CS)C(=O)NC(COCc1ccccc1)C(=O)O. The van der Waals surface area contributed by atoms with Crippen molar-refractivity contribution in [2.45, 2.75) is 51.3 Å². The first-order valence-electron chi connectivity index (χ1n) is 15.0. The molecule has 0 aromatic heterocycles. The van der Waals surface area contributed by atoms with E-state index >= 15 is 0 Å². The molecule has 0 saturated carbocycles. The first-order chi connectivity index (χ1) is 22.0. The van der Waals surface area contributed by atoms with Crippen LogP contribution >= 0.6 is 25.3 Å². The van der Waals surface area contributed by atoms with Gasteiger partial charge in [0.25, 0.3) is 0 Å². The lowest BCUT2D eigenvalue weighted by Crippen LogP contribution is -2.47. The minimum Gasteiger partial charge on any atom is -0.480 e. The summed E-state index contributed by atoms with van der Waals surface area (Å²) in [6.45, 7) is 5.52. The van der Waals surface area contributed by atoms with Gasteiger partial charge in [0.1, 0.15) is 6.04 Å². The van der Waals surface area contributed by atoms with Gasteiger partial charge in [0.2, 0.25) is 11.8 Å². The quantitative estimate of drug-likeness (QED) is 0.117. The highest BCUT2D eigenvalue weighted by Crippen LogP contribution is 2.26. The Hall–Kier alpha value is -3.80. The van der Waals surface area contributed by atoms with E-state index in [1.165, 1.54) is 6.92 Å². The topological polar surface area (TPSA) is 142 Å². The van der Waals surface area contributed by atoms with Gasteiger partial charge in [-0.3, -0.25) is 14.4 Å². The molecule has 0 aliphatic heterocycles. The molecule has 4 N–H and O–H groups in total. The van der Waals surface area contributed by atoms with Crippen LogP contribution in [0.2, 0.25) is 0 Å². The largest absolute Gasteiger partial charge is 0.480 e. The Kier molecular flexibility index (Phi) is 17.0. The Morgan fingerprint density at radius 2 is 1.07 bits per heavy atom. The highest BCUT2D eigenvalue weighted by molar-refractivity contribution is 7.80. The zero-order valence-electron chi connectivity index (χ0n) is 26.3. The van der Waals surface area contributed by atoms with Crippen molar-refractivity contribution in [1.82, 2.24) is 10.6 Å². The maximum Gasteiger partial charge on any atom is 0.328 e. The van der Waals surface area contributed by atoms with Gasteiger partial charge in [0, 0.05) is 11.5 Å². The van der Waals surface area contributed by atoms with E-state index in [9.17, 15) is 24.3 Å². The van der Waals surface area contributed by atoms with Gasteiger partial charge in [-0.2, -0.15) is 25.3 Å². The van der Waals surface area contributed by atoms with Crippen molar-refractivity contribution >= 4 is 49.0 Å². The summed E-state index contributed by atoms with van der Waals surface area (Å²) in [6, 6.07) is 26.8. The van der Waals surface area contributed by atoms with Crippen molar-refractivity contribution in [2.24, 2.45) is 11.8 Å². The van der Waals surface area contributed by atoms with Crippen molar-refractivity contribution in [3.8, 4) is 0 Å². The molecular weight excluding hydrogens is 625 g/mol. The molecule has 2 amide bonds. The molecule has 46 heavy (non-hydrogen) atoms. The second-order valence-corrected chi connectivity index (χ2v) is 11.7. The Labute approximate surface area is 282 Å². The Morgan fingerprint density at radius 1 is 0.652 bits per heavy atom. The molecule has 0 radical (unpaired) electrons. The number of carbonyl (C=O) groups excluding carboxylic acids is 2. The van der Waals surface area contributed by atoms with Crippen LogP contribution in [-0.4, -0.2) is 64.2 Å². The van der Waals surface area contributed by atoms with E-state index in [-0.39, 0.29) is 42.8 Å². The Balaban J connectivity index is 0.000000341. The van der Waals surface area contributed by atoms with Gasteiger partial charge in [-0.25, -0.2) is 4.79 Å². The van der Waals surface area contributed by atoms with Gasteiger partial charge < -0.3 is 25.6 Å². The number of rotatable bonds is 16. The van der Waals surface area contributed by atoms with Gasteiger partial charge in [-0.05, 0) is 35.4 Å². The maximum atomic E-state index is 12.7. The average Bonchev–Trinajstić information content (AvgIpc) is 3.06. The molecule has 3 rings (SSSR count). The van der Waals surface area contributed by atoms with Crippen LogP contribution in [0.1, 0.15) is 49.3 Å². The minimum atomic E-state index is -1.12. The van der Waals surface area contributed by atoms with Crippen molar-refractivity contribution in [3.05, 3.63) is 108 Å². The average molecular weight is 669 g/mol. The highest BCUT2D eigenvalue weighted by Gasteiger charge is 2.29. The van der Waals surface area contributed by atoms with Gasteiger partial charge in [0.05, 0.1) is 25.0 Å². The fourth-order valence-corrected chi connectivity index (χ4v) is 5.58. The fourth-order valence-electron chi connectivity index (χ4n) is 4.62. The highest BCUT2D eigenvalue weighted by atomic mass is 32.1. The van der Waals surface area contributed by atoms with Crippen molar-refractivity contribution in [2.75, 3.05) is 18.1 Å². The predicted molar refractivity (Wildman–Crippen MR) is 185 cm³/mol. The third kappa shape index (κ3) is 12.5. The lowest BCUT2D eigenvalue weighted by Gasteiger charge is -2.24. The van der Waals surface area contributed by atoms with E-state index < -0.39 is 29.9 Å². The summed E-state index contributed by atoms with van der Waals surface area (Å²) < 4.78 is 5.49. The number of benzene rings is 3. The third-order valence-electron chi connectivity index (χ3n) is 7.66. The maximum absolute atomic E-state index is 12.7. The summed E-state index contributed by atoms with van der Waals surface area (Å²) in [5.74, 6) is -2.98. The fraction of sp³-hybridized carbons (Fsp3) is 0.371. The molecule has 3 aromatic rings. The van der Waals surface area contributed by atoms with Gasteiger partial charge >= 0.3 is 11.9 Å². The van der Waals surface area contributed by atoms with Gasteiger partial charge in [-0.15, -0.1) is 0 Å². The molecule has 6 unspecified atom stereocenters. The van der Waals surface area contributed by atoms with Crippen LogP contribution < -0.4 is 10.6 Å². The van der Waals surface area contributed by atoms with E-state index in [1.807, 2.05) is 105 Å². The van der Waals surface area contributed by atoms with Crippen LogP contribution in [0.4, 0.5) is 0 Å². The third-order valence-corrected chi connectivity index (χ3v) is 8.45. The van der Waals surface area contributed by atoms with Crippen LogP contribution in [0.25, 0.3) is 0 Å². The minimum absolute atomic E-state index is 0.0142. The number of nitrogens with one attached hydrogen (secondary N) is 2. The summed E-state index contributed by atoms with van der Waals surface area (Å²) in [5, 5.41) is 23.3. The predicted octanol–water partition coefficient (Wildman–Crippen LogP) is 5.05. The number of aliphatic carboxylic acids is 2. The zero-order chi connectivity index (χ0) is 34.1. The summed E-state index contributed by atoms with van der Waals surface area (Å²) in [5.41, 5.74) is 3.00. The van der Waals surface area contributed by atoms with E-state index in [4.69, 9.17) is 9.84 Å². The molecule has 6 atom stereocenters. The number of carboxylic acids is 2. The number of ether oxygens (including phenoxy) is 1. The van der Waals surface area contributed by atoms with E-state index in [2.05, 4.69) is 35.9 Å². The Morgan fingerprint density at radius 3 is 1.46 bits per heavy atom. The number of carboxylic acid groups (broad SMARTS) is 2. The molecule has 3 aromatic carbocycles. The number of thiol groups is 2. The standard InChI is InChI=1S/C21H25NO4S.C14H19NO3S/c1-15(17-10-6-3-7-11-17)18(14-27)20(23)22-19(21(24)25)13-26-12-16-8-4-2-5-9-16;1-9(11-6-4-3-5-7-11)12(8-19)13(16)15-10(2)14(17)18/h2-11,15,18-19,27H,12-14H2,1H3,(H,22,23)(H,24,25);3-7,9-10,12,19H,8H2,1-2H3,(H,15,16)(H,17,18). The molecule has 0 spiro atoms. The van der Waals surface area contributed by atoms with Gasteiger partial charge in [-0.1, -0.05) is 105 Å². The first kappa shape index (κ1) is 38.4. The second-order valence-electron chi connectivity index (χ2n) is 10.9. The van der Waals surface area contributed by atoms with Crippen LogP contribution in [0.15, 0.2) is 91.0 Å². The number of amides is 2. The van der Waals surface area contributed by atoms with Crippen LogP contribution in [-0.2, 0) is 30.5 Å². The summed E-state index contributed by atoms with van der Waals surface area (Å²) in [6.07, 6.45) is 0. The van der Waals surface area contributed by atoms with Crippen molar-refractivity contribution < 1.29 is 34.1 Å². The molecule has 11 heteroatoms. The number of hydrogen-bond donors (Lipinski definition) is 6. The van der Waals surface area contributed by atoms with Crippen LogP contribution in [0.3, 0.4) is 0 Å². The monoisotopic (exact) mass is 668 g/mol. The van der Waals surface area contributed by atoms with Crippen molar-refractivity contribution in [3.63, 3.8) is 0 Å². The van der Waals surface area contributed by atoms with Crippen molar-refractivity contribution in [1.29, 1.82) is 0 Å². The molecule has 248 valence electrons. The van der Waals surface area contributed by atoms with E-state index in [0.717, 1.165) is 16.7 Å². The normalized spacial score (nSPS) is 14.6. The number of hydrogen-bond acceptors (Lipinski definition) is 7.